The van der Waals surface area contributed by atoms with Gasteiger partial charge in [0.2, 0.25) is 0 Å². The second kappa shape index (κ2) is 9.51. The Kier molecular flexibility index (Phi) is 6.70. The smallest absolute Gasteiger partial charge is 0.406 e. The fourth-order valence-electron chi connectivity index (χ4n) is 3.87. The molecule has 0 spiro atoms. The van der Waals surface area contributed by atoms with Gasteiger partial charge >= 0.3 is 6.09 Å². The van der Waals surface area contributed by atoms with Crippen molar-refractivity contribution in [2.24, 2.45) is 0 Å². The highest BCUT2D eigenvalue weighted by Gasteiger charge is 2.35. The van der Waals surface area contributed by atoms with Crippen LogP contribution >= 0.6 is 11.6 Å². The zero-order chi connectivity index (χ0) is 23.7. The molecule has 3 N–H and O–H groups in total. The van der Waals surface area contributed by atoms with E-state index in [1.165, 1.54) is 32.4 Å². The summed E-state index contributed by atoms with van der Waals surface area (Å²) in [7, 11) is 2.76. The number of halogens is 2. The summed E-state index contributed by atoms with van der Waals surface area (Å²) in [6.07, 6.45) is -1.72. The normalized spacial score (nSPS) is 19.4. The Morgan fingerprint density at radius 3 is 3.00 bits per heavy atom. The number of hydrogen-bond acceptors (Lipinski definition) is 8. The van der Waals surface area contributed by atoms with E-state index in [4.69, 9.17) is 16.4 Å². The first-order valence-corrected chi connectivity index (χ1v) is 10.6. The SMILES string of the molecule is COC(=O)NCC1Cn2nc3c(c2C(=O)N(C)O1)CN(C(O)Nc1ccc(F)c(Cl)c1)CC3. The van der Waals surface area contributed by atoms with Crippen LogP contribution in [0.25, 0.3) is 0 Å². The van der Waals surface area contributed by atoms with Gasteiger partial charge in [-0.2, -0.15) is 5.10 Å². The Labute approximate surface area is 193 Å². The zero-order valence-corrected chi connectivity index (χ0v) is 18.8. The summed E-state index contributed by atoms with van der Waals surface area (Å²) >= 11 is 5.81. The molecule has 4 rings (SSSR count). The first kappa shape index (κ1) is 23.2. The number of aliphatic hydroxyl groups is 1. The van der Waals surface area contributed by atoms with E-state index in [1.807, 2.05) is 0 Å². The van der Waals surface area contributed by atoms with Crippen molar-refractivity contribution < 1.29 is 28.7 Å². The quantitative estimate of drug-likeness (QED) is 0.543. The van der Waals surface area contributed by atoms with Crippen molar-refractivity contribution >= 4 is 29.3 Å². The van der Waals surface area contributed by atoms with E-state index in [-0.39, 0.29) is 30.6 Å². The Balaban J connectivity index is 1.51. The summed E-state index contributed by atoms with van der Waals surface area (Å²) in [5.41, 5.74) is 2.29. The minimum absolute atomic E-state index is 0.0556. The van der Waals surface area contributed by atoms with Crippen LogP contribution < -0.4 is 10.6 Å². The summed E-state index contributed by atoms with van der Waals surface area (Å²) in [6.45, 7) is 1.12. The van der Waals surface area contributed by atoms with Gasteiger partial charge in [0, 0.05) is 37.8 Å². The number of aromatic nitrogens is 2. The number of rotatable bonds is 5. The number of anilines is 1. The fraction of sp³-hybridized carbons (Fsp3) is 0.450. The minimum Gasteiger partial charge on any atom is -0.453 e. The molecule has 2 aromatic rings. The van der Waals surface area contributed by atoms with Gasteiger partial charge in [0.15, 0.2) is 6.35 Å². The number of amides is 2. The van der Waals surface area contributed by atoms with Gasteiger partial charge in [0.1, 0.15) is 17.6 Å². The predicted molar refractivity (Wildman–Crippen MR) is 115 cm³/mol. The number of nitrogens with one attached hydrogen (secondary N) is 2. The van der Waals surface area contributed by atoms with Gasteiger partial charge in [-0.3, -0.25) is 19.2 Å². The average molecular weight is 483 g/mol. The van der Waals surface area contributed by atoms with E-state index in [0.717, 1.165) is 10.8 Å². The van der Waals surface area contributed by atoms with Gasteiger partial charge in [-0.25, -0.2) is 14.2 Å². The Hall–Kier alpha value is -2.93. The summed E-state index contributed by atoms with van der Waals surface area (Å²) in [4.78, 5) is 31.8. The standard InChI is InChI=1S/C20H24ClFN6O5/c1-26-18(29)17-13-10-27(19(30)24-11-3-4-15(22)14(21)7-11)6-5-16(13)25-28(17)9-12(33-26)8-23-20(31)32-2/h3-4,7,12,19,24,30H,5-6,8-10H2,1-2H3,(H,23,31). The first-order valence-electron chi connectivity index (χ1n) is 10.3. The summed E-state index contributed by atoms with van der Waals surface area (Å²) in [5, 5.41) is 21.8. The lowest BCUT2D eigenvalue weighted by Gasteiger charge is -2.32. The van der Waals surface area contributed by atoms with Crippen LogP contribution in [0.5, 0.6) is 0 Å². The highest BCUT2D eigenvalue weighted by molar-refractivity contribution is 6.31. The molecule has 1 aromatic heterocycles. The number of carbonyl (C=O) groups excluding carboxylic acids is 2. The number of nitrogens with zero attached hydrogens (tertiary/aromatic N) is 4. The molecular formula is C20H24ClFN6O5. The number of benzene rings is 1. The molecule has 0 fully saturated rings. The van der Waals surface area contributed by atoms with E-state index in [9.17, 15) is 19.1 Å². The van der Waals surface area contributed by atoms with Crippen molar-refractivity contribution in [3.8, 4) is 0 Å². The van der Waals surface area contributed by atoms with Crippen molar-refractivity contribution in [2.45, 2.75) is 32.0 Å². The molecule has 2 aliphatic rings. The number of aliphatic hydroxyl groups excluding tert-OH is 1. The van der Waals surface area contributed by atoms with Crippen LogP contribution in [0.3, 0.4) is 0 Å². The molecule has 3 heterocycles. The molecule has 2 amide bonds. The second-order valence-corrected chi connectivity index (χ2v) is 8.13. The maximum absolute atomic E-state index is 13.4. The van der Waals surface area contributed by atoms with Gasteiger partial charge in [0.25, 0.3) is 5.91 Å². The van der Waals surface area contributed by atoms with Crippen LogP contribution in [0.4, 0.5) is 14.9 Å². The van der Waals surface area contributed by atoms with Crippen LogP contribution in [0.1, 0.15) is 21.7 Å². The monoisotopic (exact) mass is 482 g/mol. The minimum atomic E-state index is -1.10. The number of ether oxygens (including phenoxy) is 1. The lowest BCUT2D eigenvalue weighted by molar-refractivity contribution is -0.146. The lowest BCUT2D eigenvalue weighted by Crippen LogP contribution is -2.44. The third kappa shape index (κ3) is 4.88. The number of carbonyl (C=O) groups is 2. The highest BCUT2D eigenvalue weighted by atomic mass is 35.5. The molecule has 11 nitrogen and oxygen atoms in total. The van der Waals surface area contributed by atoms with Crippen LogP contribution in [0.2, 0.25) is 5.02 Å². The molecule has 2 atom stereocenters. The Bertz CT molecular complexity index is 1070. The first-order chi connectivity index (χ1) is 15.8. The molecule has 1 aromatic carbocycles. The largest absolute Gasteiger partial charge is 0.453 e. The number of hydrogen-bond donors (Lipinski definition) is 3. The summed E-state index contributed by atoms with van der Waals surface area (Å²) in [6, 6.07) is 4.08. The van der Waals surface area contributed by atoms with Crippen molar-refractivity contribution in [1.29, 1.82) is 0 Å². The highest BCUT2D eigenvalue weighted by Crippen LogP contribution is 2.27. The van der Waals surface area contributed by atoms with Crippen molar-refractivity contribution in [2.75, 3.05) is 32.6 Å². The predicted octanol–water partition coefficient (Wildman–Crippen LogP) is 1.16. The van der Waals surface area contributed by atoms with Gasteiger partial charge in [-0.15, -0.1) is 0 Å². The molecule has 0 radical (unpaired) electrons. The van der Waals surface area contributed by atoms with Gasteiger partial charge in [0.05, 0.1) is 30.9 Å². The van der Waals surface area contributed by atoms with Gasteiger partial charge in [-0.1, -0.05) is 11.6 Å². The fourth-order valence-corrected chi connectivity index (χ4v) is 4.05. The van der Waals surface area contributed by atoms with Crippen LogP contribution in [-0.2, 0) is 29.1 Å². The molecule has 0 bridgehead atoms. The Morgan fingerprint density at radius 2 is 2.27 bits per heavy atom. The van der Waals surface area contributed by atoms with E-state index in [1.54, 1.807) is 9.58 Å². The zero-order valence-electron chi connectivity index (χ0n) is 18.0. The van der Waals surface area contributed by atoms with Crippen LogP contribution in [-0.4, -0.2) is 76.6 Å². The molecule has 2 unspecified atom stereocenters. The maximum atomic E-state index is 13.4. The lowest BCUT2D eigenvalue weighted by atomic mass is 10.0. The van der Waals surface area contributed by atoms with Crippen molar-refractivity contribution in [1.82, 2.24) is 25.1 Å². The summed E-state index contributed by atoms with van der Waals surface area (Å²) in [5.74, 6) is -0.925. The van der Waals surface area contributed by atoms with E-state index in [2.05, 4.69) is 20.5 Å². The maximum Gasteiger partial charge on any atom is 0.406 e. The molecule has 33 heavy (non-hydrogen) atoms. The molecule has 13 heteroatoms. The van der Waals surface area contributed by atoms with Crippen molar-refractivity contribution in [3.63, 3.8) is 0 Å². The number of methoxy groups -OCH3 is 1. The molecular weight excluding hydrogens is 459 g/mol. The number of hydroxylamine groups is 2. The molecule has 0 saturated carbocycles. The van der Waals surface area contributed by atoms with Crippen LogP contribution in [0.15, 0.2) is 18.2 Å². The molecule has 0 saturated heterocycles. The van der Waals surface area contributed by atoms with Gasteiger partial charge < -0.3 is 20.5 Å². The van der Waals surface area contributed by atoms with Crippen molar-refractivity contribution in [3.05, 3.63) is 46.0 Å². The number of fused-ring (bicyclic) bond motifs is 3. The van der Waals surface area contributed by atoms with Gasteiger partial charge in [-0.05, 0) is 18.2 Å². The van der Waals surface area contributed by atoms with E-state index >= 15 is 0 Å². The topological polar surface area (TPSA) is 121 Å². The van der Waals surface area contributed by atoms with E-state index < -0.39 is 24.4 Å². The second-order valence-electron chi connectivity index (χ2n) is 7.73. The molecule has 178 valence electrons. The van der Waals surface area contributed by atoms with Crippen LogP contribution in [0, 0.1) is 5.82 Å². The number of alkyl carbamates (subject to hydrolysis) is 1. The summed E-state index contributed by atoms with van der Waals surface area (Å²) < 4.78 is 19.6. The third-order valence-electron chi connectivity index (χ3n) is 5.52. The molecule has 2 aliphatic heterocycles. The average Bonchev–Trinajstić information content (AvgIpc) is 3.10. The molecule has 0 aliphatic carbocycles. The van der Waals surface area contributed by atoms with E-state index in [0.29, 0.717) is 29.9 Å². The third-order valence-corrected chi connectivity index (χ3v) is 5.81. The Morgan fingerprint density at radius 1 is 1.48 bits per heavy atom.